The number of carbonyl (C=O) groups excluding carboxylic acids is 2. The van der Waals surface area contributed by atoms with E-state index in [1.54, 1.807) is 6.20 Å². The van der Waals surface area contributed by atoms with Gasteiger partial charge in [-0.15, -0.1) is 11.3 Å². The number of alkyl carbamates (subject to hydrolysis) is 1. The molecular formula is C27H30N4O3S. The largest absolute Gasteiger partial charge is 0.446 e. The van der Waals surface area contributed by atoms with Gasteiger partial charge in [0.05, 0.1) is 17.8 Å². The molecule has 1 aromatic carbocycles. The van der Waals surface area contributed by atoms with E-state index in [4.69, 9.17) is 4.74 Å². The zero-order chi connectivity index (χ0) is 24.8. The number of nitrogens with one attached hydrogen (secondary N) is 1. The molecule has 7 nitrogen and oxygen atoms in total. The molecule has 3 aromatic rings. The number of carbonyl (C=O) groups is 2. The highest BCUT2D eigenvalue weighted by Crippen LogP contribution is 2.36. The molecule has 8 heteroatoms. The van der Waals surface area contributed by atoms with Gasteiger partial charge in [-0.1, -0.05) is 37.3 Å². The number of amides is 1. The van der Waals surface area contributed by atoms with E-state index in [2.05, 4.69) is 23.4 Å². The predicted molar refractivity (Wildman–Crippen MR) is 134 cm³/mol. The summed E-state index contributed by atoms with van der Waals surface area (Å²) in [4.78, 5) is 27.1. The van der Waals surface area contributed by atoms with Crippen LogP contribution in [-0.4, -0.2) is 27.8 Å². The van der Waals surface area contributed by atoms with Crippen molar-refractivity contribution in [1.29, 1.82) is 5.26 Å². The molecule has 0 fully saturated rings. The molecular weight excluding hydrogens is 460 g/mol. The van der Waals surface area contributed by atoms with Gasteiger partial charge in [0.25, 0.3) is 0 Å². The van der Waals surface area contributed by atoms with Crippen molar-refractivity contribution in [3.63, 3.8) is 0 Å². The second-order valence-electron chi connectivity index (χ2n) is 8.91. The molecule has 2 unspecified atom stereocenters. The third kappa shape index (κ3) is 5.98. The Morgan fingerprint density at radius 3 is 2.86 bits per heavy atom. The number of hydrogen-bond donors (Lipinski definition) is 1. The smallest absolute Gasteiger partial charge is 0.407 e. The lowest BCUT2D eigenvalue weighted by Gasteiger charge is -2.22. The maximum absolute atomic E-state index is 12.8. The summed E-state index contributed by atoms with van der Waals surface area (Å²) in [6.45, 7) is 5.15. The number of ether oxygens (including phenoxy) is 1. The van der Waals surface area contributed by atoms with Crippen LogP contribution in [0.15, 0.2) is 42.6 Å². The van der Waals surface area contributed by atoms with Crippen LogP contribution in [0.2, 0.25) is 0 Å². The van der Waals surface area contributed by atoms with E-state index in [1.807, 2.05) is 48.0 Å². The summed E-state index contributed by atoms with van der Waals surface area (Å²) in [7, 11) is 0. The van der Waals surface area contributed by atoms with Gasteiger partial charge in [0.2, 0.25) is 0 Å². The highest BCUT2D eigenvalue weighted by Gasteiger charge is 2.28. The van der Waals surface area contributed by atoms with E-state index in [-0.39, 0.29) is 24.2 Å². The number of nitrogens with zero attached hydrogens (tertiary/aromatic N) is 3. The minimum atomic E-state index is -0.454. The lowest BCUT2D eigenvalue weighted by Crippen LogP contribution is -2.32. The van der Waals surface area contributed by atoms with Crippen molar-refractivity contribution in [3.8, 4) is 6.07 Å². The predicted octanol–water partition coefficient (Wildman–Crippen LogP) is 4.93. The van der Waals surface area contributed by atoms with Crippen molar-refractivity contribution < 1.29 is 14.3 Å². The second kappa shape index (κ2) is 11.3. The van der Waals surface area contributed by atoms with Crippen molar-refractivity contribution in [2.24, 2.45) is 0 Å². The Hall–Kier alpha value is -3.44. The van der Waals surface area contributed by atoms with E-state index >= 15 is 0 Å². The number of nitriles is 1. The van der Waals surface area contributed by atoms with Crippen LogP contribution in [0.4, 0.5) is 4.79 Å². The normalized spacial score (nSPS) is 15.6. The molecule has 0 radical (unpaired) electrons. The standard InChI is InChI=1S/C27H30N4O3S/c1-3-31-20(11-12-30-31)17-29-27(33)34-22-9-10-23-24(16-28)25(35-26(23)15-22)14-21(32)13-18(2)19-7-5-4-6-8-19/h4-8,11-12,18,22H,3,9-10,13-15,17H2,1-2H3,(H,29,33). The summed E-state index contributed by atoms with van der Waals surface area (Å²) < 4.78 is 7.49. The number of hydrogen-bond acceptors (Lipinski definition) is 6. The molecule has 0 saturated heterocycles. The first-order chi connectivity index (χ1) is 17.0. The van der Waals surface area contributed by atoms with E-state index in [0.717, 1.165) is 33.1 Å². The zero-order valence-electron chi connectivity index (χ0n) is 20.1. The summed E-state index contributed by atoms with van der Waals surface area (Å²) in [5.41, 5.74) is 3.72. The molecule has 1 aliphatic carbocycles. The maximum atomic E-state index is 12.8. The molecule has 0 spiro atoms. The Morgan fingerprint density at radius 2 is 2.11 bits per heavy atom. The van der Waals surface area contributed by atoms with Crippen molar-refractivity contribution >= 4 is 23.2 Å². The highest BCUT2D eigenvalue weighted by atomic mass is 32.1. The molecule has 2 aromatic heterocycles. The molecule has 1 amide bonds. The van der Waals surface area contributed by atoms with Crippen LogP contribution in [0.3, 0.4) is 0 Å². The Morgan fingerprint density at radius 1 is 1.31 bits per heavy atom. The highest BCUT2D eigenvalue weighted by molar-refractivity contribution is 7.12. The molecule has 2 atom stereocenters. The molecule has 1 N–H and O–H groups in total. The van der Waals surface area contributed by atoms with Crippen LogP contribution in [0.5, 0.6) is 0 Å². The minimum absolute atomic E-state index is 0.134. The van der Waals surface area contributed by atoms with Crippen molar-refractivity contribution in [3.05, 3.63) is 74.7 Å². The fourth-order valence-corrected chi connectivity index (χ4v) is 6.01. The zero-order valence-corrected chi connectivity index (χ0v) is 20.9. The van der Waals surface area contributed by atoms with Gasteiger partial charge < -0.3 is 10.1 Å². The molecule has 0 bridgehead atoms. The molecule has 0 saturated carbocycles. The van der Waals surface area contributed by atoms with Gasteiger partial charge in [0.15, 0.2) is 0 Å². The number of benzene rings is 1. The minimum Gasteiger partial charge on any atom is -0.446 e. The summed E-state index contributed by atoms with van der Waals surface area (Å²) in [5.74, 6) is 0.269. The quantitative estimate of drug-likeness (QED) is 0.459. The fraction of sp³-hybridized carbons (Fsp3) is 0.407. The van der Waals surface area contributed by atoms with Crippen LogP contribution in [-0.2, 0) is 41.9 Å². The van der Waals surface area contributed by atoms with Gasteiger partial charge in [-0.25, -0.2) is 4.79 Å². The third-order valence-corrected chi connectivity index (χ3v) is 7.71. The average Bonchev–Trinajstić information content (AvgIpc) is 3.46. The van der Waals surface area contributed by atoms with Gasteiger partial charge in [-0.3, -0.25) is 9.48 Å². The van der Waals surface area contributed by atoms with Crippen LogP contribution in [0, 0.1) is 11.3 Å². The topological polar surface area (TPSA) is 97.0 Å². The lowest BCUT2D eigenvalue weighted by molar-refractivity contribution is -0.118. The summed E-state index contributed by atoms with van der Waals surface area (Å²) in [6.07, 6.45) is 3.64. The van der Waals surface area contributed by atoms with Gasteiger partial charge >= 0.3 is 6.09 Å². The van der Waals surface area contributed by atoms with Crippen molar-refractivity contribution in [1.82, 2.24) is 15.1 Å². The Bertz CT molecular complexity index is 1230. The summed E-state index contributed by atoms with van der Waals surface area (Å²) in [5, 5.41) is 16.8. The lowest BCUT2D eigenvalue weighted by atomic mass is 9.91. The number of rotatable bonds is 9. The monoisotopic (exact) mass is 490 g/mol. The van der Waals surface area contributed by atoms with Crippen LogP contribution in [0.25, 0.3) is 0 Å². The molecule has 182 valence electrons. The first kappa shape index (κ1) is 24.7. The fourth-order valence-electron chi connectivity index (χ4n) is 4.61. The van der Waals surface area contributed by atoms with Gasteiger partial charge in [-0.2, -0.15) is 10.4 Å². The van der Waals surface area contributed by atoms with E-state index in [1.165, 1.54) is 11.3 Å². The number of aromatic nitrogens is 2. The number of ketones is 1. The van der Waals surface area contributed by atoms with E-state index < -0.39 is 6.09 Å². The van der Waals surface area contributed by atoms with Crippen LogP contribution >= 0.6 is 11.3 Å². The number of Topliss-reactive ketones (excluding diaryl/α,β-unsaturated/α-hetero) is 1. The Kier molecular flexibility index (Phi) is 7.98. The van der Waals surface area contributed by atoms with Crippen LogP contribution < -0.4 is 5.32 Å². The molecule has 2 heterocycles. The van der Waals surface area contributed by atoms with E-state index in [9.17, 15) is 14.9 Å². The number of fused-ring (bicyclic) bond motifs is 1. The molecule has 4 rings (SSSR count). The van der Waals surface area contributed by atoms with Gasteiger partial charge in [-0.05, 0) is 42.9 Å². The first-order valence-electron chi connectivity index (χ1n) is 12.0. The third-order valence-electron chi connectivity index (χ3n) is 6.46. The SMILES string of the molecule is CCn1nccc1CNC(=O)OC1CCc2c(sc(CC(=O)CC(C)c3ccccc3)c2C#N)C1. The van der Waals surface area contributed by atoms with Gasteiger partial charge in [0.1, 0.15) is 18.0 Å². The summed E-state index contributed by atoms with van der Waals surface area (Å²) in [6, 6.07) is 14.2. The number of thiophene rings is 1. The summed E-state index contributed by atoms with van der Waals surface area (Å²) >= 11 is 1.52. The molecule has 0 aliphatic heterocycles. The van der Waals surface area contributed by atoms with Crippen molar-refractivity contribution in [2.75, 3.05) is 0 Å². The average molecular weight is 491 g/mol. The van der Waals surface area contributed by atoms with E-state index in [0.29, 0.717) is 37.8 Å². The Labute approximate surface area is 209 Å². The Balaban J connectivity index is 1.34. The number of aryl methyl sites for hydroxylation is 1. The molecule has 1 aliphatic rings. The van der Waals surface area contributed by atoms with Crippen molar-refractivity contribution in [2.45, 2.75) is 71.1 Å². The molecule has 35 heavy (non-hydrogen) atoms. The second-order valence-corrected chi connectivity index (χ2v) is 10.1. The van der Waals surface area contributed by atoms with Crippen LogP contribution in [0.1, 0.15) is 64.7 Å². The van der Waals surface area contributed by atoms with Gasteiger partial charge in [0, 0.05) is 41.8 Å². The first-order valence-corrected chi connectivity index (χ1v) is 12.8. The maximum Gasteiger partial charge on any atom is 0.407 e.